The summed E-state index contributed by atoms with van der Waals surface area (Å²) in [6.07, 6.45) is 7.25. The van der Waals surface area contributed by atoms with Crippen molar-refractivity contribution in [2.45, 2.75) is 19.3 Å². The molecule has 7 nitrogen and oxygen atoms in total. The second-order valence-electron chi connectivity index (χ2n) is 7.03. The number of carbonyl (C=O) groups excluding carboxylic acids is 1. The number of amides is 1. The van der Waals surface area contributed by atoms with E-state index in [-0.39, 0.29) is 11.1 Å². The van der Waals surface area contributed by atoms with Gasteiger partial charge < -0.3 is 9.47 Å². The Labute approximate surface area is 184 Å². The van der Waals surface area contributed by atoms with Gasteiger partial charge in [0, 0.05) is 18.1 Å². The van der Waals surface area contributed by atoms with Crippen molar-refractivity contribution in [1.29, 1.82) is 5.41 Å². The van der Waals surface area contributed by atoms with Gasteiger partial charge in [-0.25, -0.2) is 9.88 Å². The first-order valence-corrected chi connectivity index (χ1v) is 11.6. The fraction of sp³-hybridized carbons (Fsp3) is 0.381. The number of methoxy groups -OCH3 is 1. The Kier molecular flexibility index (Phi) is 6.71. The molecule has 0 radical (unpaired) electrons. The van der Waals surface area contributed by atoms with Gasteiger partial charge in [-0.05, 0) is 61.5 Å². The summed E-state index contributed by atoms with van der Waals surface area (Å²) in [7, 11) is 1.61. The largest absolute Gasteiger partial charge is 0.493 e. The Morgan fingerprint density at radius 2 is 2.07 bits per heavy atom. The minimum atomic E-state index is -0.235. The van der Waals surface area contributed by atoms with E-state index in [1.165, 1.54) is 35.5 Å². The van der Waals surface area contributed by atoms with E-state index in [4.69, 9.17) is 14.9 Å². The molecule has 9 heteroatoms. The van der Waals surface area contributed by atoms with Crippen LogP contribution in [0.4, 0.5) is 5.13 Å². The SMILES string of the molecule is COc1cc(C=C2SC(=N)N(c3nccs3)C2=O)ccc1OCCN1CCCCC1. The molecule has 1 amide bonds. The zero-order valence-electron chi connectivity index (χ0n) is 16.8. The molecule has 2 aromatic rings. The van der Waals surface area contributed by atoms with Crippen molar-refractivity contribution in [2.24, 2.45) is 0 Å². The topological polar surface area (TPSA) is 78.8 Å². The maximum atomic E-state index is 12.7. The highest BCUT2D eigenvalue weighted by Crippen LogP contribution is 2.37. The lowest BCUT2D eigenvalue weighted by Crippen LogP contribution is -2.33. The maximum Gasteiger partial charge on any atom is 0.273 e. The number of nitrogens with zero attached hydrogens (tertiary/aromatic N) is 3. The summed E-state index contributed by atoms with van der Waals surface area (Å²) in [5, 5.41) is 10.6. The smallest absolute Gasteiger partial charge is 0.273 e. The summed E-state index contributed by atoms with van der Waals surface area (Å²) in [5.74, 6) is 1.09. The molecule has 30 heavy (non-hydrogen) atoms. The molecule has 158 valence electrons. The molecule has 1 aromatic carbocycles. The summed E-state index contributed by atoms with van der Waals surface area (Å²) < 4.78 is 11.5. The molecule has 0 atom stereocenters. The molecule has 0 saturated carbocycles. The second-order valence-corrected chi connectivity index (χ2v) is 8.94. The number of likely N-dealkylation sites (tertiary alicyclic amines) is 1. The lowest BCUT2D eigenvalue weighted by Gasteiger charge is -2.26. The highest BCUT2D eigenvalue weighted by atomic mass is 32.2. The third-order valence-electron chi connectivity index (χ3n) is 5.03. The van der Waals surface area contributed by atoms with Gasteiger partial charge in [0.1, 0.15) is 6.61 Å². The van der Waals surface area contributed by atoms with Crippen molar-refractivity contribution in [3.63, 3.8) is 0 Å². The van der Waals surface area contributed by atoms with Gasteiger partial charge in [-0.1, -0.05) is 12.5 Å². The van der Waals surface area contributed by atoms with Gasteiger partial charge in [-0.15, -0.1) is 11.3 Å². The number of thioether (sulfide) groups is 1. The summed E-state index contributed by atoms with van der Waals surface area (Å²) >= 11 is 2.47. The fourth-order valence-electron chi connectivity index (χ4n) is 3.50. The Bertz CT molecular complexity index is 940. The van der Waals surface area contributed by atoms with Crippen LogP contribution < -0.4 is 14.4 Å². The minimum absolute atomic E-state index is 0.158. The van der Waals surface area contributed by atoms with Crippen LogP contribution in [-0.4, -0.2) is 54.3 Å². The van der Waals surface area contributed by atoms with Crippen LogP contribution in [0.5, 0.6) is 11.5 Å². The lowest BCUT2D eigenvalue weighted by atomic mass is 10.1. The van der Waals surface area contributed by atoms with Crippen molar-refractivity contribution in [3.8, 4) is 11.5 Å². The molecular weight excluding hydrogens is 420 g/mol. The number of hydrogen-bond acceptors (Lipinski definition) is 8. The molecule has 2 aliphatic rings. The van der Waals surface area contributed by atoms with E-state index >= 15 is 0 Å². The molecule has 2 aliphatic heterocycles. The Morgan fingerprint density at radius 1 is 1.23 bits per heavy atom. The summed E-state index contributed by atoms with van der Waals surface area (Å²) in [6.45, 7) is 3.82. The average Bonchev–Trinajstić information content (AvgIpc) is 3.37. The number of rotatable bonds is 7. The van der Waals surface area contributed by atoms with E-state index < -0.39 is 0 Å². The number of aromatic nitrogens is 1. The van der Waals surface area contributed by atoms with Gasteiger partial charge in [0.05, 0.1) is 12.0 Å². The van der Waals surface area contributed by atoms with Crippen LogP contribution in [0.15, 0.2) is 34.7 Å². The van der Waals surface area contributed by atoms with Crippen LogP contribution >= 0.6 is 23.1 Å². The molecule has 0 bridgehead atoms. The number of carbonyl (C=O) groups is 1. The Hall–Kier alpha value is -2.36. The zero-order chi connectivity index (χ0) is 20.9. The number of hydrogen-bond donors (Lipinski definition) is 1. The molecular formula is C21H24N4O3S2. The predicted octanol–water partition coefficient (Wildman–Crippen LogP) is 4.07. The first kappa shape index (κ1) is 20.9. The molecule has 2 saturated heterocycles. The monoisotopic (exact) mass is 444 g/mol. The van der Waals surface area contributed by atoms with Gasteiger partial charge >= 0.3 is 0 Å². The van der Waals surface area contributed by atoms with Crippen LogP contribution in [0, 0.1) is 5.41 Å². The summed E-state index contributed by atoms with van der Waals surface area (Å²) in [4.78, 5) is 21.1. The van der Waals surface area contributed by atoms with Crippen LogP contribution in [0.3, 0.4) is 0 Å². The number of ether oxygens (including phenoxy) is 2. The Morgan fingerprint density at radius 3 is 2.80 bits per heavy atom. The molecule has 2 fully saturated rings. The van der Waals surface area contributed by atoms with Crippen molar-refractivity contribution in [3.05, 3.63) is 40.2 Å². The number of nitrogens with one attached hydrogen (secondary N) is 1. The molecule has 1 N–H and O–H groups in total. The van der Waals surface area contributed by atoms with Crippen molar-refractivity contribution in [1.82, 2.24) is 9.88 Å². The van der Waals surface area contributed by atoms with E-state index in [0.717, 1.165) is 37.0 Å². The minimum Gasteiger partial charge on any atom is -0.493 e. The molecule has 4 rings (SSSR count). The number of amidine groups is 1. The molecule has 0 unspecified atom stereocenters. The van der Waals surface area contributed by atoms with Crippen LogP contribution in [-0.2, 0) is 4.79 Å². The standard InChI is InChI=1S/C21H24N4O3S2/c1-27-17-13-15(5-6-16(17)28-11-10-24-8-3-2-4-9-24)14-18-19(26)25(20(22)30-18)21-23-7-12-29-21/h5-7,12-14,22H,2-4,8-11H2,1H3. The second kappa shape index (κ2) is 9.63. The fourth-order valence-corrected chi connectivity index (χ4v) is 5.04. The van der Waals surface area contributed by atoms with E-state index in [9.17, 15) is 4.79 Å². The van der Waals surface area contributed by atoms with Crippen molar-refractivity contribution >= 4 is 45.4 Å². The number of benzene rings is 1. The third-order valence-corrected chi connectivity index (χ3v) is 6.68. The Balaban J connectivity index is 1.43. The first-order chi connectivity index (χ1) is 14.7. The van der Waals surface area contributed by atoms with E-state index in [1.54, 1.807) is 24.8 Å². The summed E-state index contributed by atoms with van der Waals surface area (Å²) in [5.41, 5.74) is 0.819. The van der Waals surface area contributed by atoms with Crippen LogP contribution in [0.25, 0.3) is 6.08 Å². The van der Waals surface area contributed by atoms with Gasteiger partial charge in [0.25, 0.3) is 5.91 Å². The van der Waals surface area contributed by atoms with Crippen molar-refractivity contribution in [2.75, 3.05) is 38.3 Å². The van der Waals surface area contributed by atoms with Gasteiger partial charge in [-0.2, -0.15) is 0 Å². The van der Waals surface area contributed by atoms with Crippen LogP contribution in [0.1, 0.15) is 24.8 Å². The van der Waals surface area contributed by atoms with E-state index in [2.05, 4.69) is 9.88 Å². The highest BCUT2D eigenvalue weighted by Gasteiger charge is 2.35. The lowest BCUT2D eigenvalue weighted by molar-refractivity contribution is -0.113. The molecule has 1 aromatic heterocycles. The van der Waals surface area contributed by atoms with Gasteiger partial charge in [-0.3, -0.25) is 15.1 Å². The molecule has 3 heterocycles. The average molecular weight is 445 g/mol. The predicted molar refractivity (Wildman–Crippen MR) is 122 cm³/mol. The van der Waals surface area contributed by atoms with Crippen LogP contribution in [0.2, 0.25) is 0 Å². The number of piperidine rings is 1. The normalized spacial score (nSPS) is 19.0. The number of anilines is 1. The molecule has 0 aliphatic carbocycles. The number of thiazole rings is 1. The highest BCUT2D eigenvalue weighted by molar-refractivity contribution is 8.19. The van der Waals surface area contributed by atoms with Gasteiger partial charge in [0.15, 0.2) is 21.8 Å². The van der Waals surface area contributed by atoms with E-state index in [1.807, 2.05) is 18.2 Å². The first-order valence-electron chi connectivity index (χ1n) is 9.91. The third kappa shape index (κ3) is 4.69. The van der Waals surface area contributed by atoms with Crippen molar-refractivity contribution < 1.29 is 14.3 Å². The van der Waals surface area contributed by atoms with Gasteiger partial charge in [0.2, 0.25) is 0 Å². The maximum absolute atomic E-state index is 12.7. The molecule has 0 spiro atoms. The quantitative estimate of drug-likeness (QED) is 0.649. The summed E-state index contributed by atoms with van der Waals surface area (Å²) in [6, 6.07) is 5.62. The zero-order valence-corrected chi connectivity index (χ0v) is 18.4. The van der Waals surface area contributed by atoms with E-state index in [0.29, 0.717) is 28.1 Å².